The zero-order valence-electron chi connectivity index (χ0n) is 11.2. The summed E-state index contributed by atoms with van der Waals surface area (Å²) in [4.78, 5) is 14.3. The SMILES string of the molecule is CC.CC(=O)C([NH-])CCCN=C(N)N.CN.[W]. The third kappa shape index (κ3) is 25.7. The van der Waals surface area contributed by atoms with Crippen LogP contribution in [0.3, 0.4) is 0 Å². The maximum absolute atomic E-state index is 10.6. The molecule has 0 rings (SSSR count). The molecule has 0 aliphatic heterocycles. The Morgan fingerprint density at radius 1 is 1.29 bits per heavy atom. The van der Waals surface area contributed by atoms with Gasteiger partial charge in [0.05, 0.1) is 0 Å². The Balaban J connectivity index is -0.000000152. The van der Waals surface area contributed by atoms with E-state index in [0.29, 0.717) is 19.4 Å². The fourth-order valence-electron chi connectivity index (χ4n) is 0.707. The summed E-state index contributed by atoms with van der Waals surface area (Å²) in [5.41, 5.74) is 21.9. The Kier molecular flexibility index (Phi) is 31.2. The topological polar surface area (TPSA) is 131 Å². The monoisotopic (exact) mass is 416 g/mol. The minimum absolute atomic E-state index is 0. The minimum atomic E-state index is -0.626. The normalized spacial score (nSPS) is 9.29. The van der Waals surface area contributed by atoms with Crippen LogP contribution in [0.2, 0.25) is 0 Å². The van der Waals surface area contributed by atoms with Gasteiger partial charge < -0.3 is 27.7 Å². The van der Waals surface area contributed by atoms with Crippen LogP contribution in [0.1, 0.15) is 33.6 Å². The second kappa shape index (κ2) is 20.9. The van der Waals surface area contributed by atoms with E-state index < -0.39 is 6.04 Å². The Bertz CT molecular complexity index is 184. The number of carbonyl (C=O) groups excluding carboxylic acids is 1. The first-order chi connectivity index (χ1) is 7.54. The predicted octanol–water partition coefficient (Wildman–Crippen LogP) is 0.648. The molecule has 104 valence electrons. The summed E-state index contributed by atoms with van der Waals surface area (Å²) in [6, 6.07) is -0.626. The molecular weight excluding hydrogens is 390 g/mol. The van der Waals surface area contributed by atoms with E-state index in [1.807, 2.05) is 13.8 Å². The summed E-state index contributed by atoms with van der Waals surface area (Å²) < 4.78 is 0. The summed E-state index contributed by atoms with van der Waals surface area (Å²) in [6.07, 6.45) is 1.19. The second-order valence-electron chi connectivity index (χ2n) is 2.61. The van der Waals surface area contributed by atoms with Crippen LogP contribution in [0.4, 0.5) is 0 Å². The van der Waals surface area contributed by atoms with Gasteiger partial charge in [-0.25, -0.2) is 0 Å². The van der Waals surface area contributed by atoms with Crippen molar-refractivity contribution in [2.45, 2.75) is 39.7 Å². The van der Waals surface area contributed by atoms with E-state index in [4.69, 9.17) is 17.2 Å². The summed E-state index contributed by atoms with van der Waals surface area (Å²) in [7, 11) is 1.50. The number of Topliss-reactive ketones (excluding diaryl/α,β-unsaturated/α-hetero) is 1. The number of carbonyl (C=O) groups is 1. The van der Waals surface area contributed by atoms with Gasteiger partial charge in [0.25, 0.3) is 0 Å². The van der Waals surface area contributed by atoms with Crippen LogP contribution in [-0.2, 0) is 25.9 Å². The Labute approximate surface area is 119 Å². The van der Waals surface area contributed by atoms with E-state index in [1.165, 1.54) is 14.0 Å². The molecule has 0 saturated carbocycles. The number of hydrogen-bond acceptors (Lipinski definition) is 3. The van der Waals surface area contributed by atoms with Gasteiger partial charge in [-0.05, 0) is 20.4 Å². The van der Waals surface area contributed by atoms with Crippen molar-refractivity contribution in [2.24, 2.45) is 22.2 Å². The molecule has 6 nitrogen and oxygen atoms in total. The maximum Gasteiger partial charge on any atom is 0.185 e. The predicted molar refractivity (Wildman–Crippen MR) is 70.2 cm³/mol. The van der Waals surface area contributed by atoms with Crippen molar-refractivity contribution in [1.82, 2.24) is 0 Å². The Morgan fingerprint density at radius 3 is 2.00 bits per heavy atom. The van der Waals surface area contributed by atoms with Crippen molar-refractivity contribution in [3.05, 3.63) is 5.73 Å². The summed E-state index contributed by atoms with van der Waals surface area (Å²) >= 11 is 0. The van der Waals surface area contributed by atoms with Gasteiger partial charge in [0, 0.05) is 27.6 Å². The van der Waals surface area contributed by atoms with Crippen molar-refractivity contribution in [3.8, 4) is 0 Å². The molecule has 0 fully saturated rings. The van der Waals surface area contributed by atoms with Gasteiger partial charge >= 0.3 is 0 Å². The van der Waals surface area contributed by atoms with Crippen molar-refractivity contribution in [2.75, 3.05) is 13.6 Å². The van der Waals surface area contributed by atoms with Crippen LogP contribution < -0.4 is 17.2 Å². The number of nitrogens with one attached hydrogen (secondary N) is 1. The molecule has 0 amide bonds. The van der Waals surface area contributed by atoms with Crippen molar-refractivity contribution >= 4 is 11.7 Å². The van der Waals surface area contributed by atoms with Crippen molar-refractivity contribution in [3.63, 3.8) is 0 Å². The van der Waals surface area contributed by atoms with E-state index in [-0.39, 0.29) is 32.8 Å². The molecule has 0 heterocycles. The number of rotatable bonds is 5. The average molecular weight is 416 g/mol. The molecule has 0 radical (unpaired) electrons. The van der Waals surface area contributed by atoms with E-state index in [0.717, 1.165) is 0 Å². The third-order valence-electron chi connectivity index (χ3n) is 1.44. The van der Waals surface area contributed by atoms with E-state index in [2.05, 4.69) is 10.7 Å². The fraction of sp³-hybridized carbons (Fsp3) is 0.800. The van der Waals surface area contributed by atoms with E-state index in [1.54, 1.807) is 0 Å². The van der Waals surface area contributed by atoms with Gasteiger partial charge in [0.2, 0.25) is 0 Å². The van der Waals surface area contributed by atoms with Crippen LogP contribution in [0.5, 0.6) is 0 Å². The van der Waals surface area contributed by atoms with Crippen LogP contribution in [0, 0.1) is 0 Å². The second-order valence-corrected chi connectivity index (χ2v) is 2.61. The Morgan fingerprint density at radius 2 is 1.71 bits per heavy atom. The Hall–Kier alpha value is -0.452. The first-order valence-corrected chi connectivity index (χ1v) is 5.38. The van der Waals surface area contributed by atoms with Gasteiger partial charge in [0.1, 0.15) is 5.78 Å². The maximum atomic E-state index is 10.6. The summed E-state index contributed by atoms with van der Waals surface area (Å²) in [5.74, 6) is -0.0564. The molecular formula is C10H26N5OW-. The summed E-state index contributed by atoms with van der Waals surface area (Å²) in [6.45, 7) is 5.91. The number of ketones is 1. The number of guanidine groups is 1. The fourth-order valence-corrected chi connectivity index (χ4v) is 0.707. The molecule has 7 N–H and O–H groups in total. The van der Waals surface area contributed by atoms with E-state index in [9.17, 15) is 4.79 Å². The van der Waals surface area contributed by atoms with Crippen LogP contribution in [-0.4, -0.2) is 31.4 Å². The first kappa shape index (κ1) is 25.4. The quantitative estimate of drug-likeness (QED) is 0.345. The largest absolute Gasteiger partial charge is 0.668 e. The smallest absolute Gasteiger partial charge is 0.185 e. The molecule has 17 heavy (non-hydrogen) atoms. The molecule has 0 aliphatic rings. The van der Waals surface area contributed by atoms with Gasteiger partial charge in [-0.1, -0.05) is 26.3 Å². The zero-order valence-corrected chi connectivity index (χ0v) is 14.1. The van der Waals surface area contributed by atoms with Gasteiger partial charge in [-0.3, -0.25) is 4.99 Å². The molecule has 0 bridgehead atoms. The molecule has 1 atom stereocenters. The number of nitrogens with two attached hydrogens (primary N) is 3. The van der Waals surface area contributed by atoms with Crippen molar-refractivity contribution in [1.29, 1.82) is 0 Å². The molecule has 7 heteroatoms. The van der Waals surface area contributed by atoms with Gasteiger partial charge in [-0.15, -0.1) is 0 Å². The molecule has 0 saturated heterocycles. The zero-order chi connectivity index (χ0) is 13.6. The van der Waals surface area contributed by atoms with Crippen LogP contribution in [0.15, 0.2) is 4.99 Å². The van der Waals surface area contributed by atoms with Crippen LogP contribution >= 0.6 is 0 Å². The minimum Gasteiger partial charge on any atom is -0.668 e. The van der Waals surface area contributed by atoms with E-state index >= 15 is 0 Å². The van der Waals surface area contributed by atoms with Crippen molar-refractivity contribution < 1.29 is 25.9 Å². The third-order valence-corrected chi connectivity index (χ3v) is 1.44. The molecule has 0 spiro atoms. The number of hydrogen-bond donors (Lipinski definition) is 3. The molecule has 0 aromatic rings. The van der Waals surface area contributed by atoms with Gasteiger partial charge in [0.15, 0.2) is 5.96 Å². The molecule has 1 unspecified atom stereocenters. The van der Waals surface area contributed by atoms with Gasteiger partial charge in [-0.2, -0.15) is 0 Å². The first-order valence-electron chi connectivity index (χ1n) is 5.38. The average Bonchev–Trinajstić information content (AvgIpc) is 2.29. The number of aliphatic imine (C=N–C) groups is 1. The standard InChI is InChI=1S/C7H15N4O.C2H6.CH5N.W/c1-5(12)6(8)3-2-4-11-7(9)10;2*1-2;/h6,8H,2-4H2,1H3,(H4,9,10,11);1-2H3;2H2,1H3;/q-1;;;. The number of nitrogens with zero attached hydrogens (tertiary/aromatic N) is 1. The summed E-state index contributed by atoms with van der Waals surface area (Å²) in [5, 5.41) is 0. The molecule has 0 aromatic heterocycles. The molecule has 0 aromatic carbocycles. The molecule has 0 aliphatic carbocycles. The van der Waals surface area contributed by atoms with Crippen LogP contribution in [0.25, 0.3) is 5.73 Å².